The van der Waals surface area contributed by atoms with E-state index in [0.29, 0.717) is 0 Å². The smallest absolute Gasteiger partial charge is 0.270 e. The van der Waals surface area contributed by atoms with Gasteiger partial charge in [0.15, 0.2) is 0 Å². The van der Waals surface area contributed by atoms with Crippen molar-refractivity contribution in [2.24, 2.45) is 0 Å². The molecule has 0 bridgehead atoms. The molecule has 0 saturated heterocycles. The molecule has 0 radical (unpaired) electrons. The van der Waals surface area contributed by atoms with Crippen molar-refractivity contribution < 1.29 is 19.2 Å². The molecule has 0 aromatic carbocycles. The van der Waals surface area contributed by atoms with Crippen LogP contribution in [0.1, 0.15) is 32.1 Å². The lowest BCUT2D eigenvalue weighted by Gasteiger charge is -2.30. The van der Waals surface area contributed by atoms with E-state index < -0.39 is 23.6 Å². The summed E-state index contributed by atoms with van der Waals surface area (Å²) < 4.78 is 0. The predicted molar refractivity (Wildman–Crippen MR) is 67.8 cm³/mol. The largest absolute Gasteiger partial charge is 0.278 e. The van der Waals surface area contributed by atoms with Crippen LogP contribution in [0, 0.1) is 0 Å². The highest BCUT2D eigenvalue weighted by molar-refractivity contribution is 6.24. The van der Waals surface area contributed by atoms with Gasteiger partial charge in [-0.05, 0) is 12.8 Å². The Labute approximate surface area is 115 Å². The lowest BCUT2D eigenvalue weighted by atomic mass is 9.94. The van der Waals surface area contributed by atoms with E-state index in [1.54, 1.807) is 0 Å². The van der Waals surface area contributed by atoms with Gasteiger partial charge in [0.1, 0.15) is 5.70 Å². The molecule has 2 heterocycles. The zero-order chi connectivity index (χ0) is 14.3. The van der Waals surface area contributed by atoms with Crippen LogP contribution in [0.15, 0.2) is 23.9 Å². The van der Waals surface area contributed by atoms with Gasteiger partial charge in [-0.25, -0.2) is 4.90 Å². The predicted octanol–water partition coefficient (Wildman–Crippen LogP) is 0.497. The van der Waals surface area contributed by atoms with Gasteiger partial charge < -0.3 is 0 Å². The number of nitrogens with zero attached hydrogens (tertiary/aromatic N) is 2. The topological polar surface area (TPSA) is 74.8 Å². The molecule has 0 unspecified atom stereocenters. The summed E-state index contributed by atoms with van der Waals surface area (Å²) in [6, 6.07) is -0.113. The van der Waals surface area contributed by atoms with Crippen LogP contribution >= 0.6 is 0 Å². The maximum absolute atomic E-state index is 12.4. The minimum Gasteiger partial charge on any atom is -0.270 e. The summed E-state index contributed by atoms with van der Waals surface area (Å²) in [6.45, 7) is 0. The molecule has 0 N–H and O–H groups in total. The Bertz CT molecular complexity index is 552. The quantitative estimate of drug-likeness (QED) is 0.687. The van der Waals surface area contributed by atoms with Gasteiger partial charge in [-0.3, -0.25) is 24.1 Å². The second-order valence-corrected chi connectivity index (χ2v) is 5.18. The maximum Gasteiger partial charge on any atom is 0.278 e. The summed E-state index contributed by atoms with van der Waals surface area (Å²) in [5, 5.41) is 0. The highest BCUT2D eigenvalue weighted by Crippen LogP contribution is 2.29. The van der Waals surface area contributed by atoms with E-state index in [1.165, 1.54) is 4.90 Å². The Morgan fingerprint density at radius 1 is 0.850 bits per heavy atom. The van der Waals surface area contributed by atoms with Crippen LogP contribution in [0.5, 0.6) is 0 Å². The number of rotatable bonds is 2. The fourth-order valence-electron chi connectivity index (χ4n) is 2.95. The lowest BCUT2D eigenvalue weighted by Crippen LogP contribution is -2.44. The average molecular weight is 274 g/mol. The van der Waals surface area contributed by atoms with Gasteiger partial charge in [-0.2, -0.15) is 0 Å². The van der Waals surface area contributed by atoms with Crippen LogP contribution in [-0.2, 0) is 19.2 Å². The third-order valence-corrected chi connectivity index (χ3v) is 3.93. The normalized spacial score (nSPS) is 24.1. The van der Waals surface area contributed by atoms with Crippen molar-refractivity contribution in [3.05, 3.63) is 23.9 Å². The zero-order valence-electron chi connectivity index (χ0n) is 10.9. The molecule has 104 valence electrons. The van der Waals surface area contributed by atoms with E-state index in [9.17, 15) is 19.2 Å². The average Bonchev–Trinajstić information content (AvgIpc) is 2.91. The summed E-state index contributed by atoms with van der Waals surface area (Å²) in [7, 11) is 0. The van der Waals surface area contributed by atoms with Crippen LogP contribution in [-0.4, -0.2) is 39.5 Å². The molecular weight excluding hydrogens is 260 g/mol. The fraction of sp³-hybridized carbons (Fsp3) is 0.429. The second kappa shape index (κ2) is 4.70. The highest BCUT2D eigenvalue weighted by Gasteiger charge is 2.42. The molecule has 0 aromatic rings. The monoisotopic (exact) mass is 274 g/mol. The molecule has 4 amide bonds. The maximum atomic E-state index is 12.4. The Hall–Kier alpha value is -2.24. The lowest BCUT2D eigenvalue weighted by molar-refractivity contribution is -0.145. The van der Waals surface area contributed by atoms with Crippen LogP contribution in [0.3, 0.4) is 0 Å². The molecular formula is C14H14N2O4. The molecule has 6 heteroatoms. The van der Waals surface area contributed by atoms with Crippen LogP contribution in [0.4, 0.5) is 0 Å². The van der Waals surface area contributed by atoms with Gasteiger partial charge in [-0.1, -0.05) is 19.3 Å². The van der Waals surface area contributed by atoms with Gasteiger partial charge in [0.2, 0.25) is 0 Å². The number of imide groups is 2. The van der Waals surface area contributed by atoms with Crippen molar-refractivity contribution in [1.82, 2.24) is 9.80 Å². The standard InChI is InChI=1S/C14H14N2O4/c17-11-6-7-12(18)16(11)10-8-13(19)15(14(10)20)9-4-2-1-3-5-9/h6-9H,1-5H2. The molecule has 6 nitrogen and oxygen atoms in total. The second-order valence-electron chi connectivity index (χ2n) is 5.18. The van der Waals surface area contributed by atoms with Crippen LogP contribution < -0.4 is 0 Å². The van der Waals surface area contributed by atoms with E-state index in [2.05, 4.69) is 0 Å². The van der Waals surface area contributed by atoms with E-state index in [1.807, 2.05) is 0 Å². The molecule has 2 aliphatic heterocycles. The highest BCUT2D eigenvalue weighted by atomic mass is 16.2. The molecule has 1 aliphatic carbocycles. The van der Waals surface area contributed by atoms with E-state index >= 15 is 0 Å². The van der Waals surface area contributed by atoms with Crippen molar-refractivity contribution in [2.75, 3.05) is 0 Å². The summed E-state index contributed by atoms with van der Waals surface area (Å²) in [5.41, 5.74) is -0.124. The number of carbonyl (C=O) groups is 4. The third-order valence-electron chi connectivity index (χ3n) is 3.93. The minimum atomic E-state index is -0.576. The van der Waals surface area contributed by atoms with Crippen LogP contribution in [0.2, 0.25) is 0 Å². The summed E-state index contributed by atoms with van der Waals surface area (Å²) >= 11 is 0. The van der Waals surface area contributed by atoms with Gasteiger partial charge in [0, 0.05) is 24.3 Å². The first-order valence-electron chi connectivity index (χ1n) is 6.75. The van der Waals surface area contributed by atoms with Crippen LogP contribution in [0.25, 0.3) is 0 Å². The Kier molecular flexibility index (Phi) is 3.00. The Morgan fingerprint density at radius 2 is 1.45 bits per heavy atom. The van der Waals surface area contributed by atoms with Gasteiger partial charge in [-0.15, -0.1) is 0 Å². The first kappa shape index (κ1) is 12.8. The van der Waals surface area contributed by atoms with E-state index in [0.717, 1.165) is 55.2 Å². The molecule has 3 aliphatic rings. The molecule has 0 spiro atoms. The van der Waals surface area contributed by atoms with Gasteiger partial charge >= 0.3 is 0 Å². The van der Waals surface area contributed by atoms with Gasteiger partial charge in [0.25, 0.3) is 23.6 Å². The van der Waals surface area contributed by atoms with E-state index in [-0.39, 0.29) is 11.7 Å². The molecule has 1 fully saturated rings. The molecule has 0 aromatic heterocycles. The van der Waals surface area contributed by atoms with Crippen molar-refractivity contribution in [3.63, 3.8) is 0 Å². The summed E-state index contributed by atoms with van der Waals surface area (Å²) in [5.74, 6) is -2.11. The number of carbonyl (C=O) groups excluding carboxylic acids is 4. The summed E-state index contributed by atoms with van der Waals surface area (Å²) in [4.78, 5) is 49.6. The number of hydrogen-bond donors (Lipinski definition) is 0. The molecule has 1 saturated carbocycles. The van der Waals surface area contributed by atoms with Crippen molar-refractivity contribution in [3.8, 4) is 0 Å². The zero-order valence-corrected chi connectivity index (χ0v) is 10.9. The Balaban J connectivity index is 1.83. The molecule has 3 rings (SSSR count). The van der Waals surface area contributed by atoms with Crippen molar-refractivity contribution >= 4 is 23.6 Å². The first-order chi connectivity index (χ1) is 9.59. The SMILES string of the molecule is O=C1C=CC(=O)N1C1=CC(=O)N(C2CCCCC2)C1=O. The van der Waals surface area contributed by atoms with Gasteiger partial charge in [0.05, 0.1) is 0 Å². The van der Waals surface area contributed by atoms with E-state index in [4.69, 9.17) is 0 Å². The third kappa shape index (κ3) is 1.88. The molecule has 20 heavy (non-hydrogen) atoms. The first-order valence-corrected chi connectivity index (χ1v) is 6.75. The summed E-state index contributed by atoms with van der Waals surface area (Å²) in [6.07, 6.45) is 7.96. The van der Waals surface area contributed by atoms with Crippen molar-refractivity contribution in [1.29, 1.82) is 0 Å². The minimum absolute atomic E-state index is 0.113. The fourth-order valence-corrected chi connectivity index (χ4v) is 2.95. The number of hydrogen-bond acceptors (Lipinski definition) is 4. The Morgan fingerprint density at radius 3 is 2.05 bits per heavy atom. The van der Waals surface area contributed by atoms with Crippen molar-refractivity contribution in [2.45, 2.75) is 38.1 Å². The number of amides is 4. The molecule has 0 atom stereocenters.